The Morgan fingerprint density at radius 3 is 2.50 bits per heavy atom. The van der Waals surface area contributed by atoms with Gasteiger partial charge in [0.05, 0.1) is 12.2 Å². The number of hydrogen-bond acceptors (Lipinski definition) is 2. The van der Waals surface area contributed by atoms with Crippen LogP contribution in [0.3, 0.4) is 0 Å². The first-order valence-electron chi connectivity index (χ1n) is 4.08. The van der Waals surface area contributed by atoms with E-state index in [1.165, 1.54) is 0 Å². The summed E-state index contributed by atoms with van der Waals surface area (Å²) in [7, 11) is 0. The third-order valence-electron chi connectivity index (χ3n) is 1.75. The molecule has 0 unspecified atom stereocenters. The molecule has 2 nitrogen and oxygen atoms in total. The molecule has 0 fully saturated rings. The van der Waals surface area contributed by atoms with Crippen LogP contribution in [0.2, 0.25) is 0 Å². The number of rotatable bonds is 2. The van der Waals surface area contributed by atoms with Gasteiger partial charge < -0.3 is 9.84 Å². The first kappa shape index (κ1) is 8.91. The van der Waals surface area contributed by atoms with Crippen molar-refractivity contribution >= 4 is 0 Å². The summed E-state index contributed by atoms with van der Waals surface area (Å²) in [6.45, 7) is 6.30. The lowest BCUT2D eigenvalue weighted by Crippen LogP contribution is -1.94. The average Bonchev–Trinajstić information content (AvgIpc) is 2.30. The lowest BCUT2D eigenvalue weighted by molar-refractivity contribution is 0.0998. The van der Waals surface area contributed by atoms with Gasteiger partial charge in [-0.15, -0.1) is 0 Å². The topological polar surface area (TPSA) is 29.5 Å². The Morgan fingerprint density at radius 1 is 1.42 bits per heavy atom. The van der Waals surface area contributed by atoms with Crippen LogP contribution in [0.5, 0.6) is 0 Å². The molecule has 0 saturated carbocycles. The molecule has 1 N–H and O–H groups in total. The first-order chi connectivity index (χ1) is 5.65. The second kappa shape index (κ2) is 3.48. The number of allylic oxidation sites excluding steroid dienone is 5. The van der Waals surface area contributed by atoms with Crippen LogP contribution in [-0.4, -0.2) is 11.7 Å². The van der Waals surface area contributed by atoms with Gasteiger partial charge in [0.2, 0.25) is 0 Å². The molecule has 0 saturated heterocycles. The van der Waals surface area contributed by atoms with E-state index in [0.717, 1.165) is 16.7 Å². The van der Waals surface area contributed by atoms with Gasteiger partial charge in [0, 0.05) is 0 Å². The zero-order chi connectivity index (χ0) is 9.14. The van der Waals surface area contributed by atoms with Crippen molar-refractivity contribution in [3.05, 3.63) is 34.8 Å². The van der Waals surface area contributed by atoms with Gasteiger partial charge in [0.15, 0.2) is 0 Å². The van der Waals surface area contributed by atoms with Crippen molar-refractivity contribution in [3.63, 3.8) is 0 Å². The van der Waals surface area contributed by atoms with Gasteiger partial charge in [-0.3, -0.25) is 0 Å². The minimum absolute atomic E-state index is 0.0306. The van der Waals surface area contributed by atoms with E-state index in [-0.39, 0.29) is 5.95 Å². The van der Waals surface area contributed by atoms with Gasteiger partial charge >= 0.3 is 0 Å². The molecular formula is C10H14O2. The normalized spacial score (nSPS) is 20.2. The summed E-state index contributed by atoms with van der Waals surface area (Å²) in [5.41, 5.74) is 3.00. The second-order valence-corrected chi connectivity index (χ2v) is 2.87. The van der Waals surface area contributed by atoms with E-state index in [1.807, 2.05) is 32.9 Å². The third kappa shape index (κ3) is 1.70. The molecule has 1 rings (SSSR count). The average molecular weight is 166 g/mol. The fourth-order valence-electron chi connectivity index (χ4n) is 1.25. The standard InChI is InChI=1S/C10H14O2/c1-4-12-10(11)9-6-7(2)5-8(9)3/h5-6,11H,4H2,1-3H3. The molecular weight excluding hydrogens is 152 g/mol. The molecule has 12 heavy (non-hydrogen) atoms. The summed E-state index contributed by atoms with van der Waals surface area (Å²) in [5.74, 6) is 0.0306. The molecule has 2 heteroatoms. The molecule has 0 aliphatic heterocycles. The molecule has 0 radical (unpaired) electrons. The van der Waals surface area contributed by atoms with Crippen LogP contribution in [0.15, 0.2) is 34.8 Å². The van der Waals surface area contributed by atoms with Crippen LogP contribution < -0.4 is 0 Å². The van der Waals surface area contributed by atoms with E-state index in [0.29, 0.717) is 6.61 Å². The van der Waals surface area contributed by atoms with Crippen LogP contribution in [0.1, 0.15) is 20.8 Å². The van der Waals surface area contributed by atoms with Crippen molar-refractivity contribution in [2.24, 2.45) is 0 Å². The smallest absolute Gasteiger partial charge is 0.284 e. The fourth-order valence-corrected chi connectivity index (χ4v) is 1.25. The molecule has 66 valence electrons. The summed E-state index contributed by atoms with van der Waals surface area (Å²) in [6.07, 6.45) is 3.94. The highest BCUT2D eigenvalue weighted by Gasteiger charge is 2.11. The molecule has 0 amide bonds. The van der Waals surface area contributed by atoms with Gasteiger partial charge in [0.25, 0.3) is 5.95 Å². The van der Waals surface area contributed by atoms with Gasteiger partial charge in [-0.25, -0.2) is 0 Å². The van der Waals surface area contributed by atoms with Crippen LogP contribution in [0.4, 0.5) is 0 Å². The third-order valence-corrected chi connectivity index (χ3v) is 1.75. The maximum absolute atomic E-state index is 9.41. The Labute approximate surface area is 72.9 Å². The summed E-state index contributed by atoms with van der Waals surface area (Å²) < 4.78 is 4.99. The molecule has 0 spiro atoms. The molecule has 1 aliphatic rings. The SMILES string of the molecule is CCOC(O)=C1C=C(C)C=C1C. The van der Waals surface area contributed by atoms with Gasteiger partial charge in [-0.1, -0.05) is 6.08 Å². The van der Waals surface area contributed by atoms with Crippen molar-refractivity contribution in [3.8, 4) is 0 Å². The van der Waals surface area contributed by atoms with E-state index < -0.39 is 0 Å². The highest BCUT2D eigenvalue weighted by Crippen LogP contribution is 2.24. The highest BCUT2D eigenvalue weighted by molar-refractivity contribution is 5.51. The number of ether oxygens (including phenoxy) is 1. The second-order valence-electron chi connectivity index (χ2n) is 2.87. The Hall–Kier alpha value is -1.18. The largest absolute Gasteiger partial charge is 0.481 e. The predicted octanol–water partition coefficient (Wildman–Crippen LogP) is 2.70. The van der Waals surface area contributed by atoms with E-state index in [2.05, 4.69) is 0 Å². The summed E-state index contributed by atoms with van der Waals surface area (Å²) in [4.78, 5) is 0. The number of aliphatic hydroxyl groups is 1. The maximum Gasteiger partial charge on any atom is 0.284 e. The van der Waals surface area contributed by atoms with Crippen molar-refractivity contribution in [1.29, 1.82) is 0 Å². The highest BCUT2D eigenvalue weighted by atomic mass is 16.6. The van der Waals surface area contributed by atoms with Gasteiger partial charge in [-0.2, -0.15) is 0 Å². The minimum atomic E-state index is 0.0306. The number of hydrogen-bond donors (Lipinski definition) is 1. The lowest BCUT2D eigenvalue weighted by Gasteiger charge is -2.04. The van der Waals surface area contributed by atoms with Crippen LogP contribution in [0.25, 0.3) is 0 Å². The minimum Gasteiger partial charge on any atom is -0.481 e. The lowest BCUT2D eigenvalue weighted by atomic mass is 10.2. The van der Waals surface area contributed by atoms with Crippen molar-refractivity contribution in [1.82, 2.24) is 0 Å². The Bertz CT molecular complexity index is 270. The van der Waals surface area contributed by atoms with Crippen molar-refractivity contribution in [2.45, 2.75) is 20.8 Å². The Kier molecular flexibility index (Phi) is 2.58. The molecule has 1 aliphatic carbocycles. The van der Waals surface area contributed by atoms with Crippen LogP contribution >= 0.6 is 0 Å². The van der Waals surface area contributed by atoms with E-state index in [1.54, 1.807) is 0 Å². The van der Waals surface area contributed by atoms with Crippen molar-refractivity contribution < 1.29 is 9.84 Å². The van der Waals surface area contributed by atoms with E-state index >= 15 is 0 Å². The van der Waals surface area contributed by atoms with Crippen molar-refractivity contribution in [2.75, 3.05) is 6.61 Å². The quantitative estimate of drug-likeness (QED) is 0.639. The molecule has 0 atom stereocenters. The first-order valence-corrected chi connectivity index (χ1v) is 4.08. The monoisotopic (exact) mass is 166 g/mol. The molecule has 0 bridgehead atoms. The van der Waals surface area contributed by atoms with Crippen LogP contribution in [0, 0.1) is 0 Å². The Morgan fingerprint density at radius 2 is 2.08 bits per heavy atom. The maximum atomic E-state index is 9.41. The Balaban J connectivity index is 2.90. The fraction of sp³-hybridized carbons (Fsp3) is 0.400. The summed E-state index contributed by atoms with van der Waals surface area (Å²) in [6, 6.07) is 0. The molecule has 0 aromatic rings. The van der Waals surface area contributed by atoms with Crippen LogP contribution in [-0.2, 0) is 4.74 Å². The van der Waals surface area contributed by atoms with Gasteiger partial charge in [0.1, 0.15) is 0 Å². The zero-order valence-electron chi connectivity index (χ0n) is 7.72. The molecule has 0 aromatic carbocycles. The summed E-state index contributed by atoms with van der Waals surface area (Å²) in [5, 5.41) is 9.41. The van der Waals surface area contributed by atoms with E-state index in [4.69, 9.17) is 4.74 Å². The predicted molar refractivity (Wildman–Crippen MR) is 48.8 cm³/mol. The number of aliphatic hydroxyl groups excluding tert-OH is 1. The van der Waals surface area contributed by atoms with E-state index in [9.17, 15) is 5.11 Å². The zero-order valence-corrected chi connectivity index (χ0v) is 7.72. The summed E-state index contributed by atoms with van der Waals surface area (Å²) >= 11 is 0. The van der Waals surface area contributed by atoms with Gasteiger partial charge in [-0.05, 0) is 38.0 Å². The molecule has 0 heterocycles. The molecule has 0 aromatic heterocycles.